The molecular formula is C16H26N2O2. The fourth-order valence-corrected chi connectivity index (χ4v) is 2.59. The molecule has 0 aliphatic carbocycles. The zero-order valence-electron chi connectivity index (χ0n) is 12.4. The van der Waals surface area contributed by atoms with Gasteiger partial charge >= 0.3 is 0 Å². The Hall–Kier alpha value is -1.10. The minimum absolute atomic E-state index is 0.350. The number of morpholine rings is 1. The van der Waals surface area contributed by atoms with E-state index in [0.717, 1.165) is 39.4 Å². The van der Waals surface area contributed by atoms with E-state index >= 15 is 0 Å². The SMILES string of the molecule is CN(CCCCN1CCOCC1)Cc1cccc(O)c1. The molecule has 2 rings (SSSR count). The molecule has 20 heavy (non-hydrogen) atoms. The Balaban J connectivity index is 1.59. The van der Waals surface area contributed by atoms with Crippen LogP contribution >= 0.6 is 0 Å². The first-order valence-corrected chi connectivity index (χ1v) is 7.50. The summed E-state index contributed by atoms with van der Waals surface area (Å²) in [6.45, 7) is 7.11. The molecule has 0 unspecified atom stereocenters. The molecular weight excluding hydrogens is 252 g/mol. The predicted octanol–water partition coefficient (Wildman–Crippen LogP) is 1.94. The van der Waals surface area contributed by atoms with Crippen molar-refractivity contribution in [1.29, 1.82) is 0 Å². The van der Waals surface area contributed by atoms with Crippen molar-refractivity contribution in [3.05, 3.63) is 29.8 Å². The predicted molar refractivity (Wildman–Crippen MR) is 80.9 cm³/mol. The lowest BCUT2D eigenvalue weighted by Crippen LogP contribution is -2.37. The van der Waals surface area contributed by atoms with Gasteiger partial charge in [-0.2, -0.15) is 0 Å². The van der Waals surface area contributed by atoms with Gasteiger partial charge in [-0.3, -0.25) is 4.90 Å². The Morgan fingerprint density at radius 1 is 1.25 bits per heavy atom. The molecule has 0 radical (unpaired) electrons. The molecule has 4 nitrogen and oxygen atoms in total. The second-order valence-electron chi connectivity index (χ2n) is 5.57. The maximum absolute atomic E-state index is 9.45. The molecule has 0 atom stereocenters. The molecule has 0 bridgehead atoms. The maximum Gasteiger partial charge on any atom is 0.115 e. The highest BCUT2D eigenvalue weighted by Crippen LogP contribution is 2.12. The van der Waals surface area contributed by atoms with Gasteiger partial charge in [0.1, 0.15) is 5.75 Å². The average molecular weight is 278 g/mol. The molecule has 1 aliphatic heterocycles. The van der Waals surface area contributed by atoms with Crippen LogP contribution in [0.5, 0.6) is 5.75 Å². The lowest BCUT2D eigenvalue weighted by molar-refractivity contribution is 0.0369. The zero-order chi connectivity index (χ0) is 14.2. The largest absolute Gasteiger partial charge is 0.508 e. The van der Waals surface area contributed by atoms with Gasteiger partial charge in [-0.1, -0.05) is 12.1 Å². The Kier molecular flexibility index (Phi) is 6.30. The molecule has 1 heterocycles. The van der Waals surface area contributed by atoms with Crippen molar-refractivity contribution < 1.29 is 9.84 Å². The van der Waals surface area contributed by atoms with E-state index in [9.17, 15) is 5.11 Å². The van der Waals surface area contributed by atoms with Gasteiger partial charge in [0.25, 0.3) is 0 Å². The molecule has 0 amide bonds. The Morgan fingerprint density at radius 2 is 2.05 bits per heavy atom. The molecule has 0 saturated carbocycles. The van der Waals surface area contributed by atoms with Crippen LogP contribution in [-0.2, 0) is 11.3 Å². The van der Waals surface area contributed by atoms with Crippen molar-refractivity contribution in [3.8, 4) is 5.75 Å². The van der Waals surface area contributed by atoms with E-state index in [1.807, 2.05) is 12.1 Å². The Labute approximate surface area is 122 Å². The van der Waals surface area contributed by atoms with Crippen molar-refractivity contribution in [3.63, 3.8) is 0 Å². The smallest absolute Gasteiger partial charge is 0.115 e. The average Bonchev–Trinajstić information content (AvgIpc) is 2.45. The van der Waals surface area contributed by atoms with Gasteiger partial charge in [-0.05, 0) is 50.7 Å². The third-order valence-electron chi connectivity index (χ3n) is 3.73. The van der Waals surface area contributed by atoms with Crippen molar-refractivity contribution in [2.45, 2.75) is 19.4 Å². The van der Waals surface area contributed by atoms with E-state index in [0.29, 0.717) is 5.75 Å². The van der Waals surface area contributed by atoms with E-state index in [-0.39, 0.29) is 0 Å². The van der Waals surface area contributed by atoms with Crippen LogP contribution in [0.3, 0.4) is 0 Å². The summed E-state index contributed by atoms with van der Waals surface area (Å²) in [7, 11) is 2.14. The van der Waals surface area contributed by atoms with Crippen LogP contribution in [-0.4, -0.2) is 61.3 Å². The van der Waals surface area contributed by atoms with Gasteiger partial charge in [0.2, 0.25) is 0 Å². The normalized spacial score (nSPS) is 16.7. The summed E-state index contributed by atoms with van der Waals surface area (Å²) < 4.78 is 5.35. The van der Waals surface area contributed by atoms with Crippen LogP contribution in [0.1, 0.15) is 18.4 Å². The number of benzene rings is 1. The Morgan fingerprint density at radius 3 is 2.80 bits per heavy atom. The number of hydrogen-bond donors (Lipinski definition) is 1. The lowest BCUT2D eigenvalue weighted by atomic mass is 10.2. The Bertz CT molecular complexity index is 392. The first kappa shape index (κ1) is 15.3. The van der Waals surface area contributed by atoms with Gasteiger partial charge in [-0.25, -0.2) is 0 Å². The second-order valence-corrected chi connectivity index (χ2v) is 5.57. The second kappa shape index (κ2) is 8.25. The maximum atomic E-state index is 9.45. The van der Waals surface area contributed by atoms with Crippen LogP contribution < -0.4 is 0 Å². The number of ether oxygens (including phenoxy) is 1. The summed E-state index contributed by atoms with van der Waals surface area (Å²) in [6.07, 6.45) is 2.46. The molecule has 4 heteroatoms. The summed E-state index contributed by atoms with van der Waals surface area (Å²) in [6, 6.07) is 7.51. The third-order valence-corrected chi connectivity index (χ3v) is 3.73. The molecule has 1 aromatic carbocycles. The lowest BCUT2D eigenvalue weighted by Gasteiger charge is -2.26. The van der Waals surface area contributed by atoms with Crippen LogP contribution in [0.4, 0.5) is 0 Å². The standard InChI is InChI=1S/C16H26N2O2/c1-17(14-15-5-4-6-16(19)13-15)7-2-3-8-18-9-11-20-12-10-18/h4-6,13,19H,2-3,7-12,14H2,1H3. The summed E-state index contributed by atoms with van der Waals surface area (Å²) in [5.74, 6) is 0.350. The molecule has 0 aromatic heterocycles. The topological polar surface area (TPSA) is 35.9 Å². The van der Waals surface area contributed by atoms with Gasteiger partial charge in [-0.15, -0.1) is 0 Å². The molecule has 1 saturated heterocycles. The summed E-state index contributed by atoms with van der Waals surface area (Å²) >= 11 is 0. The number of unbranched alkanes of at least 4 members (excludes halogenated alkanes) is 1. The zero-order valence-corrected chi connectivity index (χ0v) is 12.4. The molecule has 1 fully saturated rings. The summed E-state index contributed by atoms with van der Waals surface area (Å²) in [5.41, 5.74) is 1.17. The van der Waals surface area contributed by atoms with Crippen molar-refractivity contribution in [1.82, 2.24) is 9.80 Å². The molecule has 0 spiro atoms. The van der Waals surface area contributed by atoms with Crippen molar-refractivity contribution >= 4 is 0 Å². The van der Waals surface area contributed by atoms with Crippen LogP contribution in [0.25, 0.3) is 0 Å². The van der Waals surface area contributed by atoms with Gasteiger partial charge in [0.15, 0.2) is 0 Å². The van der Waals surface area contributed by atoms with Gasteiger partial charge < -0.3 is 14.7 Å². The highest BCUT2D eigenvalue weighted by molar-refractivity contribution is 5.26. The van der Waals surface area contributed by atoms with E-state index in [2.05, 4.69) is 22.9 Å². The van der Waals surface area contributed by atoms with E-state index < -0.39 is 0 Å². The molecule has 1 aliphatic rings. The van der Waals surface area contributed by atoms with E-state index in [1.54, 1.807) is 6.07 Å². The van der Waals surface area contributed by atoms with Crippen molar-refractivity contribution in [2.24, 2.45) is 0 Å². The fraction of sp³-hybridized carbons (Fsp3) is 0.625. The minimum atomic E-state index is 0.350. The molecule has 1 aromatic rings. The van der Waals surface area contributed by atoms with Gasteiger partial charge in [0, 0.05) is 19.6 Å². The summed E-state index contributed by atoms with van der Waals surface area (Å²) in [5, 5.41) is 9.45. The van der Waals surface area contributed by atoms with Crippen LogP contribution in [0, 0.1) is 0 Å². The first-order chi connectivity index (χ1) is 9.74. The number of phenolic OH excluding ortho intramolecular Hbond substituents is 1. The van der Waals surface area contributed by atoms with E-state index in [1.165, 1.54) is 24.9 Å². The van der Waals surface area contributed by atoms with Crippen molar-refractivity contribution in [2.75, 3.05) is 46.4 Å². The third kappa shape index (κ3) is 5.49. The highest BCUT2D eigenvalue weighted by atomic mass is 16.5. The first-order valence-electron chi connectivity index (χ1n) is 7.50. The summed E-state index contributed by atoms with van der Waals surface area (Å²) in [4.78, 5) is 4.80. The monoisotopic (exact) mass is 278 g/mol. The van der Waals surface area contributed by atoms with Crippen LogP contribution in [0.15, 0.2) is 24.3 Å². The number of aromatic hydroxyl groups is 1. The molecule has 1 N–H and O–H groups in total. The number of phenols is 1. The van der Waals surface area contributed by atoms with E-state index in [4.69, 9.17) is 4.74 Å². The van der Waals surface area contributed by atoms with Crippen LogP contribution in [0.2, 0.25) is 0 Å². The van der Waals surface area contributed by atoms with Gasteiger partial charge in [0.05, 0.1) is 13.2 Å². The highest BCUT2D eigenvalue weighted by Gasteiger charge is 2.09. The number of hydrogen-bond acceptors (Lipinski definition) is 4. The number of nitrogens with zero attached hydrogens (tertiary/aromatic N) is 2. The fourth-order valence-electron chi connectivity index (χ4n) is 2.59. The number of rotatable bonds is 7. The quantitative estimate of drug-likeness (QED) is 0.773. The molecule has 112 valence electrons. The minimum Gasteiger partial charge on any atom is -0.508 e.